The summed E-state index contributed by atoms with van der Waals surface area (Å²) in [6.07, 6.45) is 3.23. The largest absolute Gasteiger partial charge is 0.490 e. The molecule has 0 radical (unpaired) electrons. The summed E-state index contributed by atoms with van der Waals surface area (Å²) in [7, 11) is 0. The van der Waals surface area contributed by atoms with Gasteiger partial charge in [0.1, 0.15) is 11.5 Å². The molecule has 0 fully saturated rings. The van der Waals surface area contributed by atoms with Gasteiger partial charge in [0, 0.05) is 0 Å². The number of nitrogens with zero attached hydrogens (tertiary/aromatic N) is 1. The van der Waals surface area contributed by atoms with Crippen molar-refractivity contribution in [1.82, 2.24) is 9.97 Å². The maximum absolute atomic E-state index is 11.7. The van der Waals surface area contributed by atoms with Gasteiger partial charge in [0.2, 0.25) is 0 Å². The van der Waals surface area contributed by atoms with Crippen molar-refractivity contribution in [3.63, 3.8) is 0 Å². The van der Waals surface area contributed by atoms with Crippen molar-refractivity contribution in [2.75, 3.05) is 13.2 Å². The Morgan fingerprint density at radius 1 is 1.25 bits per heavy atom. The lowest BCUT2D eigenvalue weighted by molar-refractivity contribution is -0.131. The quantitative estimate of drug-likeness (QED) is 0.309. The Hall–Kier alpha value is -3.19. The zero-order chi connectivity index (χ0) is 19.9. The van der Waals surface area contributed by atoms with E-state index in [0.29, 0.717) is 35.4 Å². The Labute approximate surface area is 166 Å². The number of aromatic amines is 1. The Kier molecular flexibility index (Phi) is 6.39. The fraction of sp³-hybridized carbons (Fsp3) is 0.143. The average Bonchev–Trinajstić information content (AvgIpc) is 3.09. The number of carbonyl (C=O) groups is 1. The highest BCUT2D eigenvalue weighted by Crippen LogP contribution is 2.32. The lowest BCUT2D eigenvalue weighted by Gasteiger charge is -2.11. The Balaban J connectivity index is 1.89. The van der Waals surface area contributed by atoms with Crippen molar-refractivity contribution in [2.24, 2.45) is 0 Å². The topological polar surface area (TPSA) is 84.4 Å². The normalized spacial score (nSPS) is 11.4. The van der Waals surface area contributed by atoms with Crippen LogP contribution in [0.2, 0.25) is 0 Å². The first-order valence-corrected chi connectivity index (χ1v) is 9.50. The number of hydrogen-bond donors (Lipinski definition) is 2. The molecule has 0 atom stereocenters. The first-order chi connectivity index (χ1) is 13.6. The number of thioether (sulfide) groups is 1. The zero-order valence-electron chi connectivity index (χ0n) is 15.3. The molecule has 0 amide bonds. The lowest BCUT2D eigenvalue weighted by atomic mass is 10.2. The number of rotatable bonds is 9. The Bertz CT molecular complexity index is 993. The van der Waals surface area contributed by atoms with Crippen LogP contribution in [0.4, 0.5) is 0 Å². The molecule has 3 rings (SSSR count). The number of aliphatic carboxylic acids is 1. The third kappa shape index (κ3) is 4.75. The molecule has 0 saturated carbocycles. The molecule has 1 heterocycles. The van der Waals surface area contributed by atoms with E-state index in [1.807, 2.05) is 31.2 Å². The molecule has 0 bridgehead atoms. The minimum Gasteiger partial charge on any atom is -0.490 e. The molecule has 6 nitrogen and oxygen atoms in total. The first kappa shape index (κ1) is 19.6. The second-order valence-electron chi connectivity index (χ2n) is 5.71. The molecule has 3 aromatic rings. The van der Waals surface area contributed by atoms with Crippen LogP contribution < -0.4 is 9.47 Å². The predicted molar refractivity (Wildman–Crippen MR) is 111 cm³/mol. The summed E-state index contributed by atoms with van der Waals surface area (Å²) in [4.78, 5) is 19.4. The van der Waals surface area contributed by atoms with Crippen LogP contribution in [0.15, 0.2) is 65.2 Å². The van der Waals surface area contributed by atoms with Crippen LogP contribution in [0.3, 0.4) is 0 Å². The maximum atomic E-state index is 11.7. The molecule has 144 valence electrons. The molecular weight excluding hydrogens is 376 g/mol. The van der Waals surface area contributed by atoms with Crippen LogP contribution in [-0.2, 0) is 4.79 Å². The SMILES string of the molecule is C=CCOc1ccc(/C=C(\Sc2nc3ccccc3[nH]2)C(=O)O)cc1OCC. The number of hydrogen-bond acceptors (Lipinski definition) is 5. The summed E-state index contributed by atoms with van der Waals surface area (Å²) >= 11 is 1.06. The van der Waals surface area contributed by atoms with E-state index in [0.717, 1.165) is 22.8 Å². The van der Waals surface area contributed by atoms with Gasteiger partial charge < -0.3 is 19.6 Å². The molecular formula is C21H20N2O4S. The fourth-order valence-electron chi connectivity index (χ4n) is 2.52. The van der Waals surface area contributed by atoms with Crippen molar-refractivity contribution >= 4 is 34.8 Å². The van der Waals surface area contributed by atoms with E-state index in [-0.39, 0.29) is 4.91 Å². The number of carboxylic acids is 1. The number of benzene rings is 2. The van der Waals surface area contributed by atoms with Crippen LogP contribution in [0.25, 0.3) is 17.1 Å². The standard InChI is InChI=1S/C21H20N2O4S/c1-3-11-27-17-10-9-14(12-18(17)26-4-2)13-19(20(24)25)28-21-22-15-7-5-6-8-16(15)23-21/h3,5-10,12-13H,1,4,11H2,2H3,(H,22,23)(H,24,25)/b19-13-. The molecule has 0 saturated heterocycles. The summed E-state index contributed by atoms with van der Waals surface area (Å²) in [6, 6.07) is 12.8. The minimum atomic E-state index is -1.03. The van der Waals surface area contributed by atoms with Crippen molar-refractivity contribution in [3.8, 4) is 11.5 Å². The number of para-hydroxylation sites is 2. The van der Waals surface area contributed by atoms with Crippen LogP contribution in [0, 0.1) is 0 Å². The average molecular weight is 396 g/mol. The van der Waals surface area contributed by atoms with Crippen molar-refractivity contribution in [1.29, 1.82) is 0 Å². The highest BCUT2D eigenvalue weighted by Gasteiger charge is 2.14. The van der Waals surface area contributed by atoms with Gasteiger partial charge in [-0.25, -0.2) is 9.78 Å². The van der Waals surface area contributed by atoms with Crippen molar-refractivity contribution < 1.29 is 19.4 Å². The van der Waals surface area contributed by atoms with E-state index in [9.17, 15) is 9.90 Å². The molecule has 1 aromatic heterocycles. The summed E-state index contributed by atoms with van der Waals surface area (Å²) in [6.45, 7) is 6.33. The van der Waals surface area contributed by atoms with E-state index >= 15 is 0 Å². The number of aromatic nitrogens is 2. The molecule has 7 heteroatoms. The molecule has 28 heavy (non-hydrogen) atoms. The zero-order valence-corrected chi connectivity index (χ0v) is 16.2. The number of imidazole rings is 1. The van der Waals surface area contributed by atoms with Crippen molar-refractivity contribution in [3.05, 3.63) is 65.6 Å². The van der Waals surface area contributed by atoms with Crippen LogP contribution in [0.1, 0.15) is 12.5 Å². The number of nitrogens with one attached hydrogen (secondary N) is 1. The summed E-state index contributed by atoms with van der Waals surface area (Å²) in [5, 5.41) is 10.1. The summed E-state index contributed by atoms with van der Waals surface area (Å²) in [5.41, 5.74) is 2.34. The second kappa shape index (κ2) is 9.14. The lowest BCUT2D eigenvalue weighted by Crippen LogP contribution is -2.00. The minimum absolute atomic E-state index is 0.140. The maximum Gasteiger partial charge on any atom is 0.342 e. The van der Waals surface area contributed by atoms with Gasteiger partial charge in [-0.05, 0) is 54.6 Å². The number of H-pyrrole nitrogens is 1. The van der Waals surface area contributed by atoms with Gasteiger partial charge in [0.05, 0.1) is 17.6 Å². The number of carboxylic acid groups (broad SMARTS) is 1. The highest BCUT2D eigenvalue weighted by molar-refractivity contribution is 8.04. The summed E-state index contributed by atoms with van der Waals surface area (Å²) in [5.74, 6) is 0.104. The van der Waals surface area contributed by atoms with E-state index in [1.54, 1.807) is 30.4 Å². The van der Waals surface area contributed by atoms with Crippen molar-refractivity contribution in [2.45, 2.75) is 12.1 Å². The van der Waals surface area contributed by atoms with Crippen LogP contribution in [-0.4, -0.2) is 34.3 Å². The van der Waals surface area contributed by atoms with Gasteiger partial charge in [0.15, 0.2) is 16.7 Å². The Morgan fingerprint density at radius 3 is 2.79 bits per heavy atom. The molecule has 0 aliphatic carbocycles. The van der Waals surface area contributed by atoms with E-state index in [2.05, 4.69) is 16.5 Å². The van der Waals surface area contributed by atoms with Gasteiger partial charge >= 0.3 is 5.97 Å². The highest BCUT2D eigenvalue weighted by atomic mass is 32.2. The number of ether oxygens (including phenoxy) is 2. The van der Waals surface area contributed by atoms with Gasteiger partial charge in [0.25, 0.3) is 0 Å². The van der Waals surface area contributed by atoms with E-state index < -0.39 is 5.97 Å². The van der Waals surface area contributed by atoms with Gasteiger partial charge in [-0.15, -0.1) is 0 Å². The van der Waals surface area contributed by atoms with Gasteiger partial charge in [-0.3, -0.25) is 0 Å². The smallest absolute Gasteiger partial charge is 0.342 e. The Morgan fingerprint density at radius 2 is 2.07 bits per heavy atom. The van der Waals surface area contributed by atoms with E-state index in [1.165, 1.54) is 0 Å². The fourth-order valence-corrected chi connectivity index (χ4v) is 3.31. The molecule has 0 unspecified atom stereocenters. The second-order valence-corrected chi connectivity index (χ2v) is 6.74. The first-order valence-electron chi connectivity index (χ1n) is 8.69. The van der Waals surface area contributed by atoms with Gasteiger partial charge in [-0.2, -0.15) is 0 Å². The van der Waals surface area contributed by atoms with Crippen LogP contribution >= 0.6 is 11.8 Å². The molecule has 2 aromatic carbocycles. The van der Waals surface area contributed by atoms with Gasteiger partial charge in [-0.1, -0.05) is 30.9 Å². The summed E-state index contributed by atoms with van der Waals surface area (Å²) < 4.78 is 11.2. The third-order valence-corrected chi connectivity index (χ3v) is 4.61. The number of fused-ring (bicyclic) bond motifs is 1. The monoisotopic (exact) mass is 396 g/mol. The third-order valence-electron chi connectivity index (χ3n) is 3.71. The molecule has 2 N–H and O–H groups in total. The molecule has 0 aliphatic rings. The van der Waals surface area contributed by atoms with Crippen LogP contribution in [0.5, 0.6) is 11.5 Å². The predicted octanol–water partition coefficient (Wildman–Crippen LogP) is 4.74. The molecule has 0 spiro atoms. The molecule has 0 aliphatic heterocycles. The van der Waals surface area contributed by atoms with E-state index in [4.69, 9.17) is 9.47 Å².